The van der Waals surface area contributed by atoms with Gasteiger partial charge < -0.3 is 0 Å². The normalized spacial score (nSPS) is 11.8. The van der Waals surface area contributed by atoms with Gasteiger partial charge >= 0.3 is 6.18 Å². The van der Waals surface area contributed by atoms with Gasteiger partial charge in [-0.2, -0.15) is 13.2 Å². The van der Waals surface area contributed by atoms with Crippen LogP contribution in [0.4, 0.5) is 13.2 Å². The van der Waals surface area contributed by atoms with Crippen molar-refractivity contribution in [1.82, 2.24) is 20.2 Å². The van der Waals surface area contributed by atoms with Gasteiger partial charge in [0.2, 0.25) is 5.16 Å². The average Bonchev–Trinajstić information content (AvgIpc) is 2.72. The second-order valence-electron chi connectivity index (χ2n) is 3.57. The first-order valence-corrected chi connectivity index (χ1v) is 5.96. The van der Waals surface area contributed by atoms with E-state index >= 15 is 0 Å². The molecule has 0 bridgehead atoms. The number of thioether (sulfide) groups is 1. The molecule has 0 aliphatic carbocycles. The Morgan fingerprint density at radius 2 is 2.11 bits per heavy atom. The maximum absolute atomic E-state index is 12.5. The summed E-state index contributed by atoms with van der Waals surface area (Å²) in [6.07, 6.45) is -4.31. The fourth-order valence-electron chi connectivity index (χ4n) is 1.33. The topological polar surface area (TPSA) is 43.6 Å². The van der Waals surface area contributed by atoms with E-state index in [1.165, 1.54) is 22.5 Å². The van der Waals surface area contributed by atoms with Crippen LogP contribution in [-0.4, -0.2) is 20.2 Å². The standard InChI is InChI=1S/C10H9F3N4S/c1-17-9(14-15-16-17)18-6-7-3-2-4-8(5-7)10(11,12)13/h2-5H,6H2,1H3. The highest BCUT2D eigenvalue weighted by Gasteiger charge is 2.30. The molecule has 0 amide bonds. The minimum atomic E-state index is -4.31. The molecule has 1 aromatic carbocycles. The van der Waals surface area contributed by atoms with Gasteiger partial charge in [0.25, 0.3) is 0 Å². The number of tetrazole rings is 1. The number of hydrogen-bond acceptors (Lipinski definition) is 4. The second kappa shape index (κ2) is 4.97. The summed E-state index contributed by atoms with van der Waals surface area (Å²) < 4.78 is 39.0. The summed E-state index contributed by atoms with van der Waals surface area (Å²) in [7, 11) is 1.68. The summed E-state index contributed by atoms with van der Waals surface area (Å²) in [6, 6.07) is 5.23. The molecule has 0 spiro atoms. The molecular formula is C10H9F3N4S. The van der Waals surface area contributed by atoms with E-state index in [1.54, 1.807) is 13.1 Å². The molecule has 0 radical (unpaired) electrons. The van der Waals surface area contributed by atoms with Crippen LogP contribution in [-0.2, 0) is 19.0 Å². The van der Waals surface area contributed by atoms with Crippen molar-refractivity contribution in [3.63, 3.8) is 0 Å². The predicted molar refractivity (Wildman–Crippen MR) is 59.8 cm³/mol. The van der Waals surface area contributed by atoms with Crippen LogP contribution in [0, 0.1) is 0 Å². The number of nitrogens with zero attached hydrogens (tertiary/aromatic N) is 4. The summed E-state index contributed by atoms with van der Waals surface area (Å²) in [5, 5.41) is 11.4. The van der Waals surface area contributed by atoms with E-state index in [9.17, 15) is 13.2 Å². The highest BCUT2D eigenvalue weighted by atomic mass is 32.2. The van der Waals surface area contributed by atoms with Crippen LogP contribution in [0.3, 0.4) is 0 Å². The van der Waals surface area contributed by atoms with Crippen LogP contribution in [0.25, 0.3) is 0 Å². The maximum Gasteiger partial charge on any atom is 0.416 e. The Bertz CT molecular complexity index is 538. The van der Waals surface area contributed by atoms with Gasteiger partial charge in [0.1, 0.15) is 0 Å². The molecule has 4 nitrogen and oxygen atoms in total. The van der Waals surface area contributed by atoms with Gasteiger partial charge in [-0.15, -0.1) is 5.10 Å². The lowest BCUT2D eigenvalue weighted by molar-refractivity contribution is -0.137. The van der Waals surface area contributed by atoms with E-state index in [2.05, 4.69) is 15.5 Å². The zero-order chi connectivity index (χ0) is 13.2. The van der Waals surface area contributed by atoms with Gasteiger partial charge in [0.05, 0.1) is 5.56 Å². The third-order valence-electron chi connectivity index (χ3n) is 2.20. The third kappa shape index (κ3) is 3.00. The molecule has 0 saturated carbocycles. The van der Waals surface area contributed by atoms with Crippen LogP contribution >= 0.6 is 11.8 Å². The minimum absolute atomic E-state index is 0.387. The number of hydrogen-bond donors (Lipinski definition) is 0. The largest absolute Gasteiger partial charge is 0.416 e. The average molecular weight is 274 g/mol. The molecular weight excluding hydrogens is 265 g/mol. The smallest absolute Gasteiger partial charge is 0.224 e. The van der Waals surface area contributed by atoms with Gasteiger partial charge in [0.15, 0.2) is 0 Å². The van der Waals surface area contributed by atoms with Crippen LogP contribution < -0.4 is 0 Å². The van der Waals surface area contributed by atoms with Crippen molar-refractivity contribution in [2.24, 2.45) is 7.05 Å². The number of aromatic nitrogens is 4. The molecule has 0 atom stereocenters. The molecule has 0 N–H and O–H groups in total. The lowest BCUT2D eigenvalue weighted by atomic mass is 10.1. The number of halogens is 3. The van der Waals surface area contributed by atoms with Crippen molar-refractivity contribution in [2.45, 2.75) is 17.1 Å². The number of rotatable bonds is 3. The first-order chi connectivity index (χ1) is 8.47. The summed E-state index contributed by atoms with van der Waals surface area (Å²) in [4.78, 5) is 0. The first-order valence-electron chi connectivity index (χ1n) is 4.98. The van der Waals surface area contributed by atoms with Crippen LogP contribution in [0.5, 0.6) is 0 Å². The second-order valence-corrected chi connectivity index (χ2v) is 4.51. The quantitative estimate of drug-likeness (QED) is 0.807. The van der Waals surface area contributed by atoms with Crippen molar-refractivity contribution in [1.29, 1.82) is 0 Å². The van der Waals surface area contributed by atoms with Crippen LogP contribution in [0.1, 0.15) is 11.1 Å². The summed E-state index contributed by atoms with van der Waals surface area (Å²) >= 11 is 1.29. The van der Waals surface area contributed by atoms with Gasteiger partial charge in [-0.25, -0.2) is 4.68 Å². The molecule has 0 fully saturated rings. The molecule has 2 rings (SSSR count). The Labute approximate surface area is 105 Å². The monoisotopic (exact) mass is 274 g/mol. The Balaban J connectivity index is 2.09. The minimum Gasteiger partial charge on any atom is -0.224 e. The van der Waals surface area contributed by atoms with Gasteiger partial charge in [-0.3, -0.25) is 0 Å². The highest BCUT2D eigenvalue weighted by Crippen LogP contribution is 2.30. The van der Waals surface area contributed by atoms with Gasteiger partial charge in [-0.05, 0) is 22.1 Å². The number of benzene rings is 1. The Morgan fingerprint density at radius 3 is 2.72 bits per heavy atom. The summed E-state index contributed by atoms with van der Waals surface area (Å²) in [5.74, 6) is 0.387. The highest BCUT2D eigenvalue weighted by molar-refractivity contribution is 7.98. The number of alkyl halides is 3. The van der Waals surface area contributed by atoms with E-state index in [0.29, 0.717) is 16.5 Å². The molecule has 1 heterocycles. The van der Waals surface area contributed by atoms with Crippen LogP contribution in [0.15, 0.2) is 29.4 Å². The Kier molecular flexibility index (Phi) is 3.55. The first kappa shape index (κ1) is 12.9. The fraction of sp³-hybridized carbons (Fsp3) is 0.300. The zero-order valence-electron chi connectivity index (χ0n) is 9.35. The lowest BCUT2D eigenvalue weighted by Crippen LogP contribution is -2.05. The molecule has 0 aliphatic heterocycles. The molecule has 18 heavy (non-hydrogen) atoms. The molecule has 0 aliphatic rings. The molecule has 0 saturated heterocycles. The maximum atomic E-state index is 12.5. The Morgan fingerprint density at radius 1 is 1.33 bits per heavy atom. The van der Waals surface area contributed by atoms with Crippen molar-refractivity contribution in [3.8, 4) is 0 Å². The molecule has 96 valence electrons. The van der Waals surface area contributed by atoms with Gasteiger partial charge in [0, 0.05) is 12.8 Å². The predicted octanol–water partition coefficient (Wildman–Crippen LogP) is 2.52. The van der Waals surface area contributed by atoms with E-state index in [4.69, 9.17) is 0 Å². The van der Waals surface area contributed by atoms with E-state index in [0.717, 1.165) is 12.1 Å². The summed E-state index contributed by atoms with van der Waals surface area (Å²) in [5.41, 5.74) is -0.0606. The fourth-order valence-corrected chi connectivity index (χ4v) is 2.12. The SMILES string of the molecule is Cn1nnnc1SCc1cccc(C(F)(F)F)c1. The molecule has 2 aromatic rings. The van der Waals surface area contributed by atoms with Crippen molar-refractivity contribution < 1.29 is 13.2 Å². The summed E-state index contributed by atoms with van der Waals surface area (Å²) in [6.45, 7) is 0. The lowest BCUT2D eigenvalue weighted by Gasteiger charge is -2.08. The third-order valence-corrected chi connectivity index (χ3v) is 3.29. The van der Waals surface area contributed by atoms with Crippen molar-refractivity contribution >= 4 is 11.8 Å². The van der Waals surface area contributed by atoms with E-state index in [1.807, 2.05) is 0 Å². The van der Waals surface area contributed by atoms with Crippen molar-refractivity contribution in [3.05, 3.63) is 35.4 Å². The van der Waals surface area contributed by atoms with Crippen LogP contribution in [0.2, 0.25) is 0 Å². The van der Waals surface area contributed by atoms with Gasteiger partial charge in [-0.1, -0.05) is 30.0 Å². The number of aryl methyl sites for hydroxylation is 1. The van der Waals surface area contributed by atoms with E-state index in [-0.39, 0.29) is 0 Å². The van der Waals surface area contributed by atoms with Crippen molar-refractivity contribution in [2.75, 3.05) is 0 Å². The zero-order valence-corrected chi connectivity index (χ0v) is 10.2. The molecule has 0 unspecified atom stereocenters. The molecule has 8 heteroatoms. The molecule has 1 aromatic heterocycles. The van der Waals surface area contributed by atoms with E-state index < -0.39 is 11.7 Å². The Hall–Kier alpha value is -1.57.